The van der Waals surface area contributed by atoms with Gasteiger partial charge in [0, 0.05) is 17.5 Å². The van der Waals surface area contributed by atoms with Crippen LogP contribution in [0.2, 0.25) is 0 Å². The maximum absolute atomic E-state index is 12.4. The first kappa shape index (κ1) is 12.9. The van der Waals surface area contributed by atoms with Crippen molar-refractivity contribution in [2.24, 2.45) is 11.1 Å². The minimum Gasteiger partial charge on any atom is -0.329 e. The summed E-state index contributed by atoms with van der Waals surface area (Å²) in [6.45, 7) is 10.2. The van der Waals surface area contributed by atoms with Crippen LogP contribution in [-0.2, 0) is 0 Å². The number of hydrogen-bond donors (Lipinski definition) is 1. The van der Waals surface area contributed by atoms with Crippen molar-refractivity contribution >= 4 is 5.78 Å². The summed E-state index contributed by atoms with van der Waals surface area (Å²) >= 11 is 0. The van der Waals surface area contributed by atoms with Gasteiger partial charge >= 0.3 is 0 Å². The number of aryl methyl sites for hydroxylation is 3. The van der Waals surface area contributed by atoms with Crippen LogP contribution in [0.3, 0.4) is 0 Å². The third-order valence-electron chi connectivity index (χ3n) is 3.03. The minimum absolute atomic E-state index is 0.144. The summed E-state index contributed by atoms with van der Waals surface area (Å²) in [5.41, 5.74) is 9.29. The molecule has 1 aromatic rings. The maximum atomic E-state index is 12.4. The van der Waals surface area contributed by atoms with Crippen molar-refractivity contribution in [2.45, 2.75) is 34.6 Å². The van der Waals surface area contributed by atoms with Crippen LogP contribution in [0.5, 0.6) is 0 Å². The maximum Gasteiger partial charge on any atom is 0.170 e. The molecule has 0 saturated heterocycles. The minimum atomic E-state index is -0.481. The number of hydrogen-bond acceptors (Lipinski definition) is 2. The van der Waals surface area contributed by atoms with Crippen LogP contribution in [0.1, 0.15) is 40.9 Å². The third kappa shape index (κ3) is 2.33. The Balaban J connectivity index is 3.30. The van der Waals surface area contributed by atoms with Crippen LogP contribution in [0.15, 0.2) is 12.1 Å². The Kier molecular flexibility index (Phi) is 3.54. The van der Waals surface area contributed by atoms with Gasteiger partial charge in [-0.2, -0.15) is 0 Å². The molecule has 0 saturated carbocycles. The number of carbonyl (C=O) groups excluding carboxylic acids is 1. The molecule has 0 bridgehead atoms. The van der Waals surface area contributed by atoms with Crippen LogP contribution in [0.25, 0.3) is 0 Å². The lowest BCUT2D eigenvalue weighted by molar-refractivity contribution is 0.0846. The Labute approximate surface area is 97.9 Å². The summed E-state index contributed by atoms with van der Waals surface area (Å²) in [6.07, 6.45) is 0. The lowest BCUT2D eigenvalue weighted by Crippen LogP contribution is -2.33. The van der Waals surface area contributed by atoms with E-state index in [2.05, 4.69) is 0 Å². The third-order valence-corrected chi connectivity index (χ3v) is 3.03. The van der Waals surface area contributed by atoms with Crippen LogP contribution in [-0.4, -0.2) is 12.3 Å². The fraction of sp³-hybridized carbons (Fsp3) is 0.500. The van der Waals surface area contributed by atoms with E-state index in [1.165, 1.54) is 5.56 Å². The van der Waals surface area contributed by atoms with Crippen molar-refractivity contribution in [3.05, 3.63) is 34.4 Å². The molecule has 0 fully saturated rings. The number of ketones is 1. The highest BCUT2D eigenvalue weighted by molar-refractivity contribution is 6.02. The van der Waals surface area contributed by atoms with E-state index >= 15 is 0 Å². The molecular weight excluding hydrogens is 198 g/mol. The standard InChI is InChI=1S/C14H21NO/c1-9-6-10(2)12(11(3)7-9)13(16)14(4,5)8-15/h6-7H,8,15H2,1-5H3. The smallest absolute Gasteiger partial charge is 0.170 e. The van der Waals surface area contributed by atoms with Gasteiger partial charge in [-0.3, -0.25) is 4.79 Å². The van der Waals surface area contributed by atoms with E-state index in [1.54, 1.807) is 0 Å². The second kappa shape index (κ2) is 4.38. The molecule has 0 radical (unpaired) electrons. The molecule has 0 amide bonds. The number of benzene rings is 1. The summed E-state index contributed by atoms with van der Waals surface area (Å²) in [5.74, 6) is 0.144. The Morgan fingerprint density at radius 2 is 1.62 bits per heavy atom. The first-order valence-electron chi connectivity index (χ1n) is 5.62. The fourth-order valence-corrected chi connectivity index (χ4v) is 1.97. The van der Waals surface area contributed by atoms with Gasteiger partial charge in [0.25, 0.3) is 0 Å². The normalized spacial score (nSPS) is 11.6. The average Bonchev–Trinajstić information content (AvgIpc) is 2.15. The summed E-state index contributed by atoms with van der Waals surface area (Å²) in [7, 11) is 0. The van der Waals surface area contributed by atoms with Crippen molar-refractivity contribution in [2.75, 3.05) is 6.54 Å². The average molecular weight is 219 g/mol. The topological polar surface area (TPSA) is 43.1 Å². The van der Waals surface area contributed by atoms with Gasteiger partial charge in [0.1, 0.15) is 0 Å². The molecule has 0 spiro atoms. The SMILES string of the molecule is Cc1cc(C)c(C(=O)C(C)(C)CN)c(C)c1. The summed E-state index contributed by atoms with van der Waals surface area (Å²) in [4.78, 5) is 12.4. The monoisotopic (exact) mass is 219 g/mol. The summed E-state index contributed by atoms with van der Waals surface area (Å²) in [6, 6.07) is 4.10. The van der Waals surface area contributed by atoms with Gasteiger partial charge in [-0.15, -0.1) is 0 Å². The molecule has 2 N–H and O–H groups in total. The molecule has 0 aliphatic rings. The first-order valence-corrected chi connectivity index (χ1v) is 5.62. The zero-order valence-corrected chi connectivity index (χ0v) is 10.8. The molecule has 1 aromatic carbocycles. The molecule has 1 rings (SSSR count). The van der Waals surface area contributed by atoms with E-state index in [0.717, 1.165) is 16.7 Å². The predicted octanol–water partition coefficient (Wildman–Crippen LogP) is 2.78. The second-order valence-corrected chi connectivity index (χ2v) is 5.19. The van der Waals surface area contributed by atoms with Gasteiger partial charge < -0.3 is 5.73 Å². The molecule has 0 aromatic heterocycles. The van der Waals surface area contributed by atoms with E-state index in [9.17, 15) is 4.79 Å². The number of carbonyl (C=O) groups is 1. The molecule has 16 heavy (non-hydrogen) atoms. The van der Waals surface area contributed by atoms with Gasteiger partial charge in [0.2, 0.25) is 0 Å². The zero-order valence-electron chi connectivity index (χ0n) is 10.8. The predicted molar refractivity (Wildman–Crippen MR) is 67.8 cm³/mol. The van der Waals surface area contributed by atoms with Crippen LogP contribution >= 0.6 is 0 Å². The highest BCUT2D eigenvalue weighted by atomic mass is 16.1. The number of Topliss-reactive ketones (excluding diaryl/α,β-unsaturated/α-hetero) is 1. The second-order valence-electron chi connectivity index (χ2n) is 5.19. The van der Waals surface area contributed by atoms with Crippen molar-refractivity contribution in [1.29, 1.82) is 0 Å². The van der Waals surface area contributed by atoms with Crippen molar-refractivity contribution in [3.63, 3.8) is 0 Å². The van der Waals surface area contributed by atoms with E-state index in [1.807, 2.05) is 46.8 Å². The van der Waals surface area contributed by atoms with E-state index in [0.29, 0.717) is 6.54 Å². The lowest BCUT2D eigenvalue weighted by Gasteiger charge is -2.23. The summed E-state index contributed by atoms with van der Waals surface area (Å²) in [5, 5.41) is 0. The molecule has 88 valence electrons. The molecule has 2 heteroatoms. The van der Waals surface area contributed by atoms with Crippen molar-refractivity contribution in [3.8, 4) is 0 Å². The van der Waals surface area contributed by atoms with E-state index in [4.69, 9.17) is 5.73 Å². The Bertz CT molecular complexity index is 396. The van der Waals surface area contributed by atoms with E-state index < -0.39 is 5.41 Å². The molecule has 0 aliphatic carbocycles. The molecule has 2 nitrogen and oxygen atoms in total. The van der Waals surface area contributed by atoms with Crippen LogP contribution in [0, 0.1) is 26.2 Å². The van der Waals surface area contributed by atoms with Gasteiger partial charge in [0.05, 0.1) is 0 Å². The Morgan fingerprint density at radius 1 is 1.19 bits per heavy atom. The molecular formula is C14H21NO. The highest BCUT2D eigenvalue weighted by Crippen LogP contribution is 2.26. The van der Waals surface area contributed by atoms with Gasteiger partial charge in [-0.25, -0.2) is 0 Å². The zero-order chi connectivity index (χ0) is 12.5. The van der Waals surface area contributed by atoms with Crippen LogP contribution in [0.4, 0.5) is 0 Å². The van der Waals surface area contributed by atoms with Crippen molar-refractivity contribution in [1.82, 2.24) is 0 Å². The van der Waals surface area contributed by atoms with Crippen molar-refractivity contribution < 1.29 is 4.79 Å². The van der Waals surface area contributed by atoms with Gasteiger partial charge in [-0.05, 0) is 31.9 Å². The van der Waals surface area contributed by atoms with Gasteiger partial charge in [-0.1, -0.05) is 31.5 Å². The fourth-order valence-electron chi connectivity index (χ4n) is 1.97. The first-order chi connectivity index (χ1) is 7.29. The quantitative estimate of drug-likeness (QED) is 0.794. The van der Waals surface area contributed by atoms with Gasteiger partial charge in [0.15, 0.2) is 5.78 Å². The summed E-state index contributed by atoms with van der Waals surface area (Å²) < 4.78 is 0. The molecule has 0 unspecified atom stereocenters. The van der Waals surface area contributed by atoms with E-state index in [-0.39, 0.29) is 5.78 Å². The molecule has 0 aliphatic heterocycles. The lowest BCUT2D eigenvalue weighted by atomic mass is 9.81. The molecule has 0 heterocycles. The highest BCUT2D eigenvalue weighted by Gasteiger charge is 2.29. The Hall–Kier alpha value is -1.15. The Morgan fingerprint density at radius 3 is 2.00 bits per heavy atom. The largest absolute Gasteiger partial charge is 0.329 e. The molecule has 0 atom stereocenters. The number of rotatable bonds is 3. The number of nitrogens with two attached hydrogens (primary N) is 1. The van der Waals surface area contributed by atoms with Crippen LogP contribution < -0.4 is 5.73 Å².